The summed E-state index contributed by atoms with van der Waals surface area (Å²) in [4.78, 5) is 89.9. The van der Waals surface area contributed by atoms with E-state index in [0.29, 0.717) is 24.0 Å². The van der Waals surface area contributed by atoms with Gasteiger partial charge >= 0.3 is 18.1 Å². The van der Waals surface area contributed by atoms with E-state index in [9.17, 15) is 33.6 Å². The van der Waals surface area contributed by atoms with Crippen molar-refractivity contribution in [3.8, 4) is 0 Å². The Morgan fingerprint density at radius 2 is 1.39 bits per heavy atom. The third kappa shape index (κ3) is 26.6. The van der Waals surface area contributed by atoms with Gasteiger partial charge in [-0.25, -0.2) is 14.4 Å². The fourth-order valence-corrected chi connectivity index (χ4v) is 7.14. The molecule has 2 unspecified atom stereocenters. The average molecular weight is 940 g/mol. The molecule has 1 rings (SSSR count). The molecule has 0 spiro atoms. The number of urea groups is 1. The third-order valence-corrected chi connectivity index (χ3v) is 11.3. The number of nitrogens with one attached hydrogen (secondary N) is 5. The number of esters is 1. The number of hydrogen-bond acceptors (Lipinski definition) is 10. The van der Waals surface area contributed by atoms with Gasteiger partial charge in [0.1, 0.15) is 24.2 Å². The Balaban J connectivity index is 2.91. The predicted octanol–water partition coefficient (Wildman–Crippen LogP) is 8.03. The van der Waals surface area contributed by atoms with Crippen LogP contribution in [0.2, 0.25) is 0 Å². The van der Waals surface area contributed by atoms with Crippen LogP contribution in [0.5, 0.6) is 0 Å². The molecule has 0 saturated carbocycles. The highest BCUT2D eigenvalue weighted by Crippen LogP contribution is 2.25. The van der Waals surface area contributed by atoms with Gasteiger partial charge in [-0.15, -0.1) is 0 Å². The van der Waals surface area contributed by atoms with Crippen molar-refractivity contribution < 1.29 is 43.0 Å². The molecule has 6 amide bonds. The number of primary amides is 1. The van der Waals surface area contributed by atoms with Crippen molar-refractivity contribution >= 4 is 47.8 Å². The van der Waals surface area contributed by atoms with E-state index >= 15 is 0 Å². The molecule has 9 N–H and O–H groups in total. The normalized spacial score (nSPS) is 14.0. The molecule has 0 bridgehead atoms. The summed E-state index contributed by atoms with van der Waals surface area (Å²) in [5.74, 6) is -2.63. The molecule has 16 heteroatoms. The lowest BCUT2D eigenvalue weighted by molar-refractivity contribution is -0.162. The highest BCUT2D eigenvalue weighted by Gasteiger charge is 2.37. The number of unbranched alkanes of at least 4 members (excludes halogenated alkanes) is 7. The van der Waals surface area contributed by atoms with E-state index in [2.05, 4.69) is 64.7 Å². The number of carbonyl (C=O) groups excluding carboxylic acids is 7. The van der Waals surface area contributed by atoms with Gasteiger partial charge in [0.05, 0.1) is 6.04 Å². The van der Waals surface area contributed by atoms with E-state index in [4.69, 9.17) is 20.9 Å². The Morgan fingerprint density at radius 3 is 1.99 bits per heavy atom. The second-order valence-electron chi connectivity index (χ2n) is 18.7. The van der Waals surface area contributed by atoms with Gasteiger partial charge in [-0.05, 0) is 101 Å². The lowest BCUT2D eigenvalue weighted by atomic mass is 9.89. The fourth-order valence-electron chi connectivity index (χ4n) is 7.14. The topological polar surface area (TPSA) is 250 Å². The largest absolute Gasteiger partial charge is 0.453 e. The Morgan fingerprint density at radius 1 is 0.746 bits per heavy atom. The summed E-state index contributed by atoms with van der Waals surface area (Å²) in [6.45, 7) is 14.7. The summed E-state index contributed by atoms with van der Waals surface area (Å²) in [5.41, 5.74) is 10.6. The van der Waals surface area contributed by atoms with E-state index in [1.807, 2.05) is 13.8 Å². The zero-order valence-electron chi connectivity index (χ0n) is 41.8. The lowest BCUT2D eigenvalue weighted by Crippen LogP contribution is -2.57. The fraction of sp³-hybridized carbons (Fsp3) is 0.667. The van der Waals surface area contributed by atoms with Gasteiger partial charge in [-0.1, -0.05) is 123 Å². The number of ether oxygens (including phenoxy) is 2. The lowest BCUT2D eigenvalue weighted by Gasteiger charge is -2.30. The molecule has 0 saturated heterocycles. The maximum absolute atomic E-state index is 13.7. The van der Waals surface area contributed by atoms with Gasteiger partial charge in [-0.2, -0.15) is 0 Å². The minimum atomic E-state index is -1.52. The standard InChI is InChI=1S/C51H85N7O9/c1-9-11-13-15-16-17-18-19-21-23-26-39(25-22-20-14-12-10-2)43(34-59)67-48(63)51(7,8)58-46(61)42(33-36(3)4)57-50(65)66-35-38-28-30-40(31-29-38)55-45(60)41(27-24-32-54-49(53)64)56-47(62)44(52)37(5)6/h11,13,16-17,28-31,34,36-37,39,41-44H,9-10,12,14-15,18-27,32-33,35,52H2,1-8H3,(H,55,60)(H,56,62)(H,57,65)(H,58,61)(H3,53,54,64)/t39?,41-,42-,43?,44-/m0/s1. The second kappa shape index (κ2) is 34.1. The SMILES string of the molecule is CCC=CCC=CCCCCCC(CCCCCCC)C(C=O)OC(=O)C(C)(C)NC(=O)[C@H](CC(C)C)NC(=O)OCc1ccc(NC(=O)[C@H](CCCNC(N)=O)NC(=O)[C@@H](N)C(C)C)cc1. The molecule has 5 atom stereocenters. The van der Waals surface area contributed by atoms with Crippen molar-refractivity contribution in [1.29, 1.82) is 0 Å². The number of anilines is 1. The van der Waals surface area contributed by atoms with Crippen LogP contribution in [-0.4, -0.2) is 78.4 Å². The van der Waals surface area contributed by atoms with Gasteiger partial charge in [-0.3, -0.25) is 19.2 Å². The van der Waals surface area contributed by atoms with Crippen LogP contribution in [0.4, 0.5) is 15.3 Å². The first kappa shape index (κ1) is 59.8. The second-order valence-corrected chi connectivity index (χ2v) is 18.7. The number of rotatable bonds is 35. The zero-order valence-corrected chi connectivity index (χ0v) is 41.8. The van der Waals surface area contributed by atoms with Crippen molar-refractivity contribution in [2.45, 2.75) is 194 Å². The van der Waals surface area contributed by atoms with E-state index in [-0.39, 0.29) is 43.7 Å². The molecule has 0 aliphatic heterocycles. The maximum atomic E-state index is 13.7. The smallest absolute Gasteiger partial charge is 0.408 e. The van der Waals surface area contributed by atoms with Crippen molar-refractivity contribution in [3.05, 3.63) is 54.1 Å². The van der Waals surface area contributed by atoms with Gasteiger partial charge < -0.3 is 47.5 Å². The summed E-state index contributed by atoms with van der Waals surface area (Å²) in [7, 11) is 0. The Bertz CT molecular complexity index is 1700. The molecule has 67 heavy (non-hydrogen) atoms. The van der Waals surface area contributed by atoms with Gasteiger partial charge in [0, 0.05) is 18.2 Å². The van der Waals surface area contributed by atoms with Crippen LogP contribution in [0, 0.1) is 17.8 Å². The monoisotopic (exact) mass is 940 g/mol. The van der Waals surface area contributed by atoms with Crippen LogP contribution in [-0.2, 0) is 40.1 Å². The first-order chi connectivity index (χ1) is 31.8. The van der Waals surface area contributed by atoms with Crippen LogP contribution in [0.3, 0.4) is 0 Å². The summed E-state index contributed by atoms with van der Waals surface area (Å²) in [6.07, 6.45) is 21.2. The molecule has 378 valence electrons. The Labute approximate surface area is 400 Å². The molecular weight excluding hydrogens is 855 g/mol. The number of alkyl carbamates (subject to hydrolysis) is 1. The molecule has 0 fully saturated rings. The molecule has 0 radical (unpaired) electrons. The quantitative estimate of drug-likeness (QED) is 0.0149. The Kier molecular flexibility index (Phi) is 30.4. The molecule has 1 aromatic carbocycles. The van der Waals surface area contributed by atoms with Gasteiger partial charge in [0.2, 0.25) is 17.7 Å². The molecule has 0 heterocycles. The van der Waals surface area contributed by atoms with Crippen LogP contribution in [0.15, 0.2) is 48.6 Å². The highest BCUT2D eigenvalue weighted by molar-refractivity contribution is 5.98. The summed E-state index contributed by atoms with van der Waals surface area (Å²) < 4.78 is 11.3. The average Bonchev–Trinajstić information content (AvgIpc) is 3.27. The van der Waals surface area contributed by atoms with Crippen LogP contribution in [0.1, 0.15) is 164 Å². The zero-order chi connectivity index (χ0) is 50.2. The van der Waals surface area contributed by atoms with Crippen molar-refractivity contribution in [2.24, 2.45) is 29.2 Å². The van der Waals surface area contributed by atoms with E-state index in [1.54, 1.807) is 38.1 Å². The Hall–Kier alpha value is -5.25. The van der Waals surface area contributed by atoms with Crippen LogP contribution >= 0.6 is 0 Å². The van der Waals surface area contributed by atoms with Crippen molar-refractivity contribution in [1.82, 2.24) is 21.3 Å². The molecule has 0 aliphatic rings. The summed E-state index contributed by atoms with van der Waals surface area (Å²) in [5, 5.41) is 13.3. The molecular formula is C51H85N7O9. The molecule has 0 aliphatic carbocycles. The third-order valence-electron chi connectivity index (χ3n) is 11.3. The van der Waals surface area contributed by atoms with E-state index in [1.165, 1.54) is 13.8 Å². The molecule has 0 aromatic heterocycles. The minimum Gasteiger partial charge on any atom is -0.453 e. The summed E-state index contributed by atoms with van der Waals surface area (Å²) >= 11 is 0. The maximum Gasteiger partial charge on any atom is 0.408 e. The van der Waals surface area contributed by atoms with E-state index in [0.717, 1.165) is 83.5 Å². The number of aldehydes is 1. The number of benzene rings is 1. The minimum absolute atomic E-state index is 0.0166. The van der Waals surface area contributed by atoms with Crippen LogP contribution < -0.4 is 38.1 Å². The first-order valence-electron chi connectivity index (χ1n) is 24.6. The van der Waals surface area contributed by atoms with Crippen LogP contribution in [0.25, 0.3) is 0 Å². The summed E-state index contributed by atoms with van der Waals surface area (Å²) in [6, 6.07) is 3.00. The number of carbonyl (C=O) groups is 7. The number of nitrogens with two attached hydrogens (primary N) is 2. The first-order valence-corrected chi connectivity index (χ1v) is 24.6. The van der Waals surface area contributed by atoms with E-state index < -0.39 is 65.6 Å². The van der Waals surface area contributed by atoms with Gasteiger partial charge in [0.15, 0.2) is 12.4 Å². The predicted molar refractivity (Wildman–Crippen MR) is 265 cm³/mol. The van der Waals surface area contributed by atoms with Crippen molar-refractivity contribution in [2.75, 3.05) is 11.9 Å². The number of amides is 6. The molecule has 16 nitrogen and oxygen atoms in total. The highest BCUT2D eigenvalue weighted by atomic mass is 16.6. The van der Waals surface area contributed by atoms with Gasteiger partial charge in [0.25, 0.3) is 0 Å². The number of allylic oxidation sites excluding steroid dienone is 4. The molecule has 1 aromatic rings. The van der Waals surface area contributed by atoms with Crippen molar-refractivity contribution in [3.63, 3.8) is 0 Å². The number of hydrogen-bond donors (Lipinski definition) is 7.